The van der Waals surface area contributed by atoms with Crippen molar-refractivity contribution in [3.8, 4) is 11.3 Å². The van der Waals surface area contributed by atoms with Gasteiger partial charge in [0.25, 0.3) is 0 Å². The SMILES string of the molecule is Cc1cc(C(=O)O)nc(N2[C@@H]3CC[C@H]2C[C@H](OCc2c(-c4c(F)cccc4F)noc2C2CC2)C3)n1. The Labute approximate surface area is 206 Å². The predicted molar refractivity (Wildman–Crippen MR) is 125 cm³/mol. The number of rotatable bonds is 7. The minimum atomic E-state index is -1.07. The van der Waals surface area contributed by atoms with E-state index >= 15 is 0 Å². The zero-order valence-corrected chi connectivity index (χ0v) is 19.8. The Morgan fingerprint density at radius 3 is 2.47 bits per heavy atom. The smallest absolute Gasteiger partial charge is 0.354 e. The summed E-state index contributed by atoms with van der Waals surface area (Å²) in [6, 6.07) is 5.48. The molecule has 2 saturated heterocycles. The van der Waals surface area contributed by atoms with Crippen molar-refractivity contribution in [1.29, 1.82) is 0 Å². The fourth-order valence-electron chi connectivity index (χ4n) is 5.62. The standard InChI is InChI=1S/C26H26F2N4O4/c1-13-9-21(25(33)34)30-26(29-13)32-15-7-8-16(32)11-17(10-15)35-12-18-23(31-36-24(18)14-5-6-14)22-19(27)3-2-4-20(22)28/h2-4,9,14-17H,5-8,10-12H2,1H3,(H,33,34)/t15-,16+,17-. The van der Waals surface area contributed by atoms with Gasteiger partial charge in [-0.25, -0.2) is 23.5 Å². The molecule has 10 heteroatoms. The third kappa shape index (κ3) is 4.13. The molecule has 1 aromatic carbocycles. The van der Waals surface area contributed by atoms with Gasteiger partial charge in [0.2, 0.25) is 5.95 Å². The molecule has 3 fully saturated rings. The number of halogens is 2. The third-order valence-corrected chi connectivity index (χ3v) is 7.41. The van der Waals surface area contributed by atoms with Gasteiger partial charge < -0.3 is 19.3 Å². The van der Waals surface area contributed by atoms with Crippen LogP contribution in [0.4, 0.5) is 14.7 Å². The van der Waals surface area contributed by atoms with Crippen molar-refractivity contribution in [1.82, 2.24) is 15.1 Å². The topological polar surface area (TPSA) is 102 Å². The fourth-order valence-corrected chi connectivity index (χ4v) is 5.62. The molecular formula is C26H26F2N4O4. The highest BCUT2D eigenvalue weighted by Crippen LogP contribution is 2.45. The van der Waals surface area contributed by atoms with Crippen LogP contribution in [0.25, 0.3) is 11.3 Å². The van der Waals surface area contributed by atoms with Gasteiger partial charge in [-0.1, -0.05) is 11.2 Å². The molecule has 1 aliphatic carbocycles. The number of hydrogen-bond donors (Lipinski definition) is 1. The highest BCUT2D eigenvalue weighted by atomic mass is 19.1. The van der Waals surface area contributed by atoms with Gasteiger partial charge >= 0.3 is 5.97 Å². The maximum atomic E-state index is 14.5. The molecule has 0 unspecified atom stereocenters. The van der Waals surface area contributed by atoms with Gasteiger partial charge in [-0.2, -0.15) is 0 Å². The van der Waals surface area contributed by atoms with Crippen LogP contribution in [0.1, 0.15) is 71.9 Å². The molecule has 1 N–H and O–H groups in total. The monoisotopic (exact) mass is 496 g/mol. The van der Waals surface area contributed by atoms with Crippen molar-refractivity contribution in [3.63, 3.8) is 0 Å². The van der Waals surface area contributed by atoms with Gasteiger partial charge in [-0.15, -0.1) is 0 Å². The molecule has 0 spiro atoms. The molecular weight excluding hydrogens is 470 g/mol. The number of piperidine rings is 1. The summed E-state index contributed by atoms with van der Waals surface area (Å²) in [4.78, 5) is 22.4. The van der Waals surface area contributed by atoms with E-state index in [0.717, 1.165) is 38.5 Å². The van der Waals surface area contributed by atoms with Crippen LogP contribution in [-0.4, -0.2) is 44.4 Å². The van der Waals surface area contributed by atoms with E-state index in [1.54, 1.807) is 6.92 Å². The molecule has 6 rings (SSSR count). The molecule has 3 aromatic rings. The average Bonchev–Trinajstić information content (AvgIpc) is 3.54. The second kappa shape index (κ2) is 8.92. The van der Waals surface area contributed by atoms with Crippen molar-refractivity contribution in [2.24, 2.45) is 0 Å². The van der Waals surface area contributed by atoms with E-state index in [1.807, 2.05) is 0 Å². The van der Waals surface area contributed by atoms with E-state index in [0.29, 0.717) is 23.0 Å². The number of carboxylic acid groups (broad SMARTS) is 1. The first-order chi connectivity index (χ1) is 17.4. The van der Waals surface area contributed by atoms with Crippen molar-refractivity contribution >= 4 is 11.9 Å². The molecule has 188 valence electrons. The van der Waals surface area contributed by atoms with Crippen LogP contribution in [0.3, 0.4) is 0 Å². The summed E-state index contributed by atoms with van der Waals surface area (Å²) in [7, 11) is 0. The van der Waals surface area contributed by atoms with E-state index in [2.05, 4.69) is 20.0 Å². The molecule has 0 amide bonds. The summed E-state index contributed by atoms with van der Waals surface area (Å²) in [5.74, 6) is -1.13. The lowest BCUT2D eigenvalue weighted by atomic mass is 9.99. The molecule has 2 bridgehead atoms. The van der Waals surface area contributed by atoms with Gasteiger partial charge in [0.1, 0.15) is 23.1 Å². The van der Waals surface area contributed by atoms with E-state index < -0.39 is 17.6 Å². The summed E-state index contributed by atoms with van der Waals surface area (Å²) in [6.07, 6.45) is 5.18. The Hall–Kier alpha value is -3.40. The number of carboxylic acids is 1. The number of fused-ring (bicyclic) bond motifs is 2. The van der Waals surface area contributed by atoms with Crippen LogP contribution in [0.5, 0.6) is 0 Å². The molecule has 2 aliphatic heterocycles. The van der Waals surface area contributed by atoms with E-state index in [9.17, 15) is 18.7 Å². The normalized spacial score (nSPS) is 23.3. The number of carbonyl (C=O) groups is 1. The number of ether oxygens (including phenoxy) is 1. The highest BCUT2D eigenvalue weighted by Gasteiger charge is 2.43. The predicted octanol–water partition coefficient (Wildman–Crippen LogP) is 5.01. The van der Waals surface area contributed by atoms with Crippen molar-refractivity contribution in [2.45, 2.75) is 76.2 Å². The average molecular weight is 497 g/mol. The third-order valence-electron chi connectivity index (χ3n) is 7.41. The van der Waals surface area contributed by atoms with Gasteiger partial charge in [-0.3, -0.25) is 0 Å². The van der Waals surface area contributed by atoms with Crippen LogP contribution >= 0.6 is 0 Å². The second-order valence-corrected chi connectivity index (χ2v) is 9.94. The molecule has 0 radical (unpaired) electrons. The largest absolute Gasteiger partial charge is 0.477 e. The number of aromatic nitrogens is 3. The number of nitrogens with zero attached hydrogens (tertiary/aromatic N) is 4. The number of aromatic carboxylic acids is 1. The molecule has 2 aromatic heterocycles. The maximum absolute atomic E-state index is 14.5. The quantitative estimate of drug-likeness (QED) is 0.487. The number of benzene rings is 1. The van der Waals surface area contributed by atoms with E-state index in [-0.39, 0.29) is 47.7 Å². The van der Waals surface area contributed by atoms with Crippen LogP contribution in [-0.2, 0) is 11.3 Å². The Morgan fingerprint density at radius 1 is 1.14 bits per heavy atom. The minimum Gasteiger partial charge on any atom is -0.477 e. The van der Waals surface area contributed by atoms with Crippen LogP contribution in [0.2, 0.25) is 0 Å². The highest BCUT2D eigenvalue weighted by molar-refractivity contribution is 5.85. The Kier molecular flexibility index (Phi) is 5.70. The van der Waals surface area contributed by atoms with Crippen LogP contribution in [0.15, 0.2) is 28.8 Å². The van der Waals surface area contributed by atoms with Crippen molar-refractivity contribution in [3.05, 3.63) is 58.6 Å². The number of hydrogen-bond acceptors (Lipinski definition) is 7. The first-order valence-electron chi connectivity index (χ1n) is 12.3. The van der Waals surface area contributed by atoms with Gasteiger partial charge in [0.05, 0.1) is 18.3 Å². The molecule has 1 saturated carbocycles. The lowest BCUT2D eigenvalue weighted by molar-refractivity contribution is 0.0144. The van der Waals surface area contributed by atoms with Crippen molar-refractivity contribution < 1.29 is 27.9 Å². The number of aryl methyl sites for hydroxylation is 1. The molecule has 4 heterocycles. The zero-order chi connectivity index (χ0) is 25.0. The first kappa shape index (κ1) is 23.0. The van der Waals surface area contributed by atoms with E-state index in [4.69, 9.17) is 9.26 Å². The van der Waals surface area contributed by atoms with Crippen LogP contribution in [0, 0.1) is 18.6 Å². The molecule has 8 nitrogen and oxygen atoms in total. The number of anilines is 1. The van der Waals surface area contributed by atoms with Gasteiger partial charge in [0, 0.05) is 29.3 Å². The van der Waals surface area contributed by atoms with Gasteiger partial charge in [0.15, 0.2) is 5.69 Å². The van der Waals surface area contributed by atoms with Gasteiger partial charge in [-0.05, 0) is 63.6 Å². The van der Waals surface area contributed by atoms with E-state index in [1.165, 1.54) is 24.3 Å². The first-order valence-corrected chi connectivity index (χ1v) is 12.3. The lowest BCUT2D eigenvalue weighted by Crippen LogP contribution is -2.46. The Balaban J connectivity index is 1.21. The molecule has 3 aliphatic rings. The van der Waals surface area contributed by atoms with Crippen molar-refractivity contribution in [2.75, 3.05) is 4.90 Å². The second-order valence-electron chi connectivity index (χ2n) is 9.94. The minimum absolute atomic E-state index is 0.0109. The summed E-state index contributed by atoms with van der Waals surface area (Å²) in [6.45, 7) is 1.93. The summed E-state index contributed by atoms with van der Waals surface area (Å²) in [5.41, 5.74) is 1.20. The maximum Gasteiger partial charge on any atom is 0.354 e. The molecule has 36 heavy (non-hydrogen) atoms. The zero-order valence-electron chi connectivity index (χ0n) is 19.8. The lowest BCUT2D eigenvalue weighted by Gasteiger charge is -2.39. The summed E-state index contributed by atoms with van der Waals surface area (Å²) in [5, 5.41) is 13.4. The van der Waals surface area contributed by atoms with Crippen LogP contribution < -0.4 is 4.90 Å². The summed E-state index contributed by atoms with van der Waals surface area (Å²) >= 11 is 0. The summed E-state index contributed by atoms with van der Waals surface area (Å²) < 4.78 is 41.0. The molecule has 3 atom stereocenters. The fraction of sp³-hybridized carbons (Fsp3) is 0.462. The Bertz CT molecular complexity index is 1290. The Morgan fingerprint density at radius 2 is 1.83 bits per heavy atom.